The zero-order chi connectivity index (χ0) is 12.6. The number of hydrogen-bond acceptors (Lipinski definition) is 0. The summed E-state index contributed by atoms with van der Waals surface area (Å²) < 4.78 is 0. The molecule has 0 nitrogen and oxygen atoms in total. The Morgan fingerprint density at radius 3 is 0.125 bits per heavy atom. The van der Waals surface area contributed by atoms with Crippen LogP contribution in [0.3, 0.4) is 0 Å². The zero-order valence-corrected chi connectivity index (χ0v) is 258. The molecule has 0 aromatic rings. The third-order valence-electron chi connectivity index (χ3n) is 1.33. The molecule has 0 aromatic carbocycles. The fraction of sp³-hybridized carbons (Fsp3) is 0.875. The SMILES string of the molecule is C.C.CC.CC.C[CH-]C(C)C.C[CH-]C(C)C.[Y].[Y].[Y].[Y].[Y].[Y].[Y].[Y].[Y].[Y].[Y].[Y].[Y].[Y].[Y].[Y].[Y].[Y].[Y].[Y].[Y].[Y].[Y].[Y].[Y].[Y].[Y].[Y].[Y].[Y].[Y].[Y].[Y].[Y].[Y].[Y].[Y].[Y].[Y].[Y].[Y].[Y].[Y].[Y].[Y].[Y].[Y].[Y].[Y].[Y].[Y].[Y].[Y].[Y].[Y].[Y].[Y].[Y].[Y].[Y].[Y].[Y].[Y].[Y].[Y].[Y].[Y].[Y].[Y].[Y].[Y].[Y]. The van der Waals surface area contributed by atoms with Crippen molar-refractivity contribution in [1.29, 1.82) is 0 Å². The molecule has 0 aliphatic carbocycles. The summed E-state index contributed by atoms with van der Waals surface area (Å²) in [7, 11) is 0. The van der Waals surface area contributed by atoms with Gasteiger partial charge in [0.15, 0.2) is 0 Å². The largest absolute Gasteiger partial charge is 0.329 e. The molecule has 0 spiro atoms. The second kappa shape index (κ2) is 596. The Bertz CT molecular complexity index is 96.2. The quantitative estimate of drug-likeness (QED) is 0.265. The van der Waals surface area contributed by atoms with Gasteiger partial charge in [0, 0.05) is 2360 Å². The first kappa shape index (κ1) is 580. The van der Waals surface area contributed by atoms with Gasteiger partial charge in [-0.3, -0.25) is 0 Å². The van der Waals surface area contributed by atoms with Crippen molar-refractivity contribution >= 4 is 0 Å². The molecule has 324 valence electrons. The molecule has 0 amide bonds. The minimum absolute atomic E-state index is 0. The van der Waals surface area contributed by atoms with Gasteiger partial charge in [0.2, 0.25) is 0 Å². The summed E-state index contributed by atoms with van der Waals surface area (Å²) in [5.74, 6) is 1.52. The average Bonchev–Trinajstić information content (AvgIpc) is 2.24. The fourth-order valence-electron chi connectivity index (χ4n) is 0. The summed E-state index contributed by atoms with van der Waals surface area (Å²) in [4.78, 5) is 0. The predicted octanol–water partition coefficient (Wildman–Crippen LogP) is 6.88. The van der Waals surface area contributed by atoms with E-state index >= 15 is 0 Å². The van der Waals surface area contributed by atoms with Gasteiger partial charge in [-0.25, -0.2) is 0 Å². The molecule has 0 atom stereocenters. The molecule has 0 bridgehead atoms. The number of hydrogen-bond donors (Lipinski definition) is 0. The molecule has 0 aliphatic rings. The van der Waals surface area contributed by atoms with Gasteiger partial charge in [-0.1, -0.05) is 70.2 Å². The van der Waals surface area contributed by atoms with E-state index in [0.717, 1.165) is 11.8 Å². The molecule has 0 rings (SSSR count). The smallest absolute Gasteiger partial charge is 0 e. The molecular weight excluding hydrogens is 6590 g/mol. The molecular formula is C16H42Y72-2. The molecule has 0 saturated carbocycles. The minimum atomic E-state index is 0. The van der Waals surface area contributed by atoms with Gasteiger partial charge >= 0.3 is 0 Å². The predicted molar refractivity (Wildman–Crippen MR) is 85.8 cm³/mol. The van der Waals surface area contributed by atoms with Crippen molar-refractivity contribution in [1.82, 2.24) is 0 Å². The van der Waals surface area contributed by atoms with Crippen LogP contribution >= 0.6 is 0 Å². The molecule has 72 heteroatoms. The zero-order valence-electron chi connectivity index (χ0n) is 53.9. The Labute approximate surface area is 2370 Å². The Kier molecular flexibility index (Phi) is 3920. The van der Waals surface area contributed by atoms with E-state index in [1.54, 1.807) is 0 Å². The summed E-state index contributed by atoms with van der Waals surface area (Å²) in [6.45, 7) is 20.8. The van der Waals surface area contributed by atoms with E-state index in [1.807, 2.05) is 27.7 Å². The molecule has 88 heavy (non-hydrogen) atoms. The first-order valence-electron chi connectivity index (χ1n) is 6.13. The summed E-state index contributed by atoms with van der Waals surface area (Å²) in [6, 6.07) is 0. The summed E-state index contributed by atoms with van der Waals surface area (Å²) in [5, 5.41) is 0. The average molecular weight is 6640 g/mol. The standard InChI is InChI=1S/2C5H11.2C2H6.2CH4.72Y/c2*1-4-5(2)3;2*1-2;;;;;;;;;;;;;;;;;;;;;;;;;;;;;;;;;;;;;;;;;;;;;;;;;;;;;;;;;;;;;;;;;;;;;;;;;;/h2*4-5H,1-3H3;2*1-2H3;2*1H4;;;;;;;;;;;;;;;;;;;;;;;;;;;;;;;;;;;;;;;;;;;;;;;;;;;;;;;;;;;;;;;;;;;;;;;;/q2*-1;;;;;;;;;;;;;;;;;;;;;;;;;;;;;;;;;;;;;;;;;;;;;;;;;;;;;;;;;;;;;;;;;;;;;;;;;;;;. The molecule has 0 N–H and O–H groups in total. The minimum Gasteiger partial charge on any atom is -0.329 e. The third-order valence-corrected chi connectivity index (χ3v) is 1.33. The first-order valence-corrected chi connectivity index (χ1v) is 6.13. The van der Waals surface area contributed by atoms with E-state index in [2.05, 4.69) is 54.4 Å². The maximum atomic E-state index is 2.17. The summed E-state index contributed by atoms with van der Waals surface area (Å²) >= 11 is 0. The molecule has 0 aromatic heterocycles. The van der Waals surface area contributed by atoms with Crippen LogP contribution in [-0.4, -0.2) is 0 Å². The van der Waals surface area contributed by atoms with E-state index < -0.39 is 0 Å². The monoisotopic (exact) mass is 6640 g/mol. The van der Waals surface area contributed by atoms with Gasteiger partial charge < -0.3 is 12.8 Å². The van der Waals surface area contributed by atoms with Gasteiger partial charge in [0.25, 0.3) is 0 Å². The van der Waals surface area contributed by atoms with Crippen LogP contribution in [0.1, 0.15) is 84.1 Å². The normalized spacial score (nSPS) is 1.23. The van der Waals surface area contributed by atoms with Crippen LogP contribution in [-0.2, 0) is 2360 Å². The van der Waals surface area contributed by atoms with Crippen molar-refractivity contribution in [3.63, 3.8) is 0 Å². The van der Waals surface area contributed by atoms with E-state index in [9.17, 15) is 0 Å². The maximum absolute atomic E-state index is 2.17. The topological polar surface area (TPSA) is 0 Å². The van der Waals surface area contributed by atoms with Crippen LogP contribution in [0.15, 0.2) is 0 Å². The Morgan fingerprint density at radius 1 is 0.114 bits per heavy atom. The van der Waals surface area contributed by atoms with Crippen LogP contribution in [0.25, 0.3) is 0 Å². The molecule has 0 heterocycles. The molecule has 72 radical (unpaired) electrons. The number of rotatable bonds is 2. The molecule has 0 aliphatic heterocycles. The van der Waals surface area contributed by atoms with E-state index in [1.165, 1.54) is 0 Å². The second-order valence-electron chi connectivity index (χ2n) is 3.15. The van der Waals surface area contributed by atoms with Crippen molar-refractivity contribution < 1.29 is 2360 Å². The molecule has 0 unspecified atom stereocenters. The van der Waals surface area contributed by atoms with Crippen LogP contribution in [0, 0.1) is 24.7 Å². The molecule has 0 fully saturated rings. The van der Waals surface area contributed by atoms with Crippen LogP contribution in [0.5, 0.6) is 0 Å². The van der Waals surface area contributed by atoms with E-state index in [4.69, 9.17) is 0 Å². The third kappa shape index (κ3) is 642. The van der Waals surface area contributed by atoms with Crippen molar-refractivity contribution in [2.45, 2.75) is 84.1 Å². The summed E-state index contributed by atoms with van der Waals surface area (Å²) in [6.07, 6.45) is 4.33. The first-order chi connectivity index (χ1) is 6.54. The second-order valence-corrected chi connectivity index (χ2v) is 3.15. The van der Waals surface area contributed by atoms with Crippen molar-refractivity contribution in [3.8, 4) is 0 Å². The maximum Gasteiger partial charge on any atom is 0 e. The summed E-state index contributed by atoms with van der Waals surface area (Å²) in [5.41, 5.74) is 0. The van der Waals surface area contributed by atoms with E-state index in [-0.39, 0.29) is 2370 Å². The van der Waals surface area contributed by atoms with Gasteiger partial charge in [-0.15, -0.1) is 0 Å². The fourth-order valence-corrected chi connectivity index (χ4v) is 0. The Balaban J connectivity index is -0.000000000157. The van der Waals surface area contributed by atoms with Crippen molar-refractivity contribution in [2.24, 2.45) is 11.8 Å². The van der Waals surface area contributed by atoms with Gasteiger partial charge in [0.05, 0.1) is 0 Å². The van der Waals surface area contributed by atoms with Crippen molar-refractivity contribution in [2.75, 3.05) is 0 Å². The van der Waals surface area contributed by atoms with Crippen LogP contribution in [0.4, 0.5) is 0 Å². The Hall–Kier alpha value is 79.5. The van der Waals surface area contributed by atoms with Crippen LogP contribution in [0.2, 0.25) is 0 Å². The van der Waals surface area contributed by atoms with Crippen LogP contribution < -0.4 is 0 Å². The van der Waals surface area contributed by atoms with Gasteiger partial charge in [-0.2, -0.15) is 25.7 Å². The van der Waals surface area contributed by atoms with Gasteiger partial charge in [0.1, 0.15) is 0 Å². The molecule has 0 saturated heterocycles. The van der Waals surface area contributed by atoms with Crippen molar-refractivity contribution in [3.05, 3.63) is 12.8 Å². The Morgan fingerprint density at radius 2 is 0.125 bits per heavy atom. The van der Waals surface area contributed by atoms with E-state index in [0.29, 0.717) is 0 Å². The van der Waals surface area contributed by atoms with Gasteiger partial charge in [-0.05, 0) is 0 Å².